The van der Waals surface area contributed by atoms with Crippen molar-refractivity contribution in [2.45, 2.75) is 0 Å². The molecule has 0 bridgehead atoms. The van der Waals surface area contributed by atoms with Gasteiger partial charge in [0.05, 0.1) is 10.0 Å². The molecule has 1 aromatic heterocycles. The molecular weight excluding hydrogens is 243 g/mol. The summed E-state index contributed by atoms with van der Waals surface area (Å²) in [5.41, 5.74) is -0.781. The minimum Gasteiger partial charge on any atom is -0.477 e. The molecule has 1 N–H and O–H groups in total. The summed E-state index contributed by atoms with van der Waals surface area (Å²) < 4.78 is 12.8. The largest absolute Gasteiger partial charge is 0.477 e. The lowest BCUT2D eigenvalue weighted by molar-refractivity contribution is 0.0691. The van der Waals surface area contributed by atoms with Gasteiger partial charge in [0.1, 0.15) is 5.56 Å². The van der Waals surface area contributed by atoms with Crippen molar-refractivity contribution in [3.05, 3.63) is 26.7 Å². The van der Waals surface area contributed by atoms with Crippen molar-refractivity contribution in [2.24, 2.45) is 0 Å². The van der Waals surface area contributed by atoms with Crippen molar-refractivity contribution in [3.63, 3.8) is 0 Å². The van der Waals surface area contributed by atoms with E-state index in [-0.39, 0.29) is 10.2 Å². The molecule has 0 spiro atoms. The van der Waals surface area contributed by atoms with Crippen LogP contribution in [0.25, 0.3) is 0 Å². The highest BCUT2D eigenvalue weighted by molar-refractivity contribution is 6.48. The van der Waals surface area contributed by atoms with E-state index in [0.717, 1.165) is 0 Å². The fourth-order valence-electron chi connectivity index (χ4n) is 0.664. The van der Waals surface area contributed by atoms with Crippen LogP contribution in [0.2, 0.25) is 15.2 Å². The van der Waals surface area contributed by atoms with Crippen LogP contribution in [0.5, 0.6) is 0 Å². The van der Waals surface area contributed by atoms with Gasteiger partial charge in [-0.25, -0.2) is 9.78 Å². The summed E-state index contributed by atoms with van der Waals surface area (Å²) in [7, 11) is 0. The van der Waals surface area contributed by atoms with Gasteiger partial charge >= 0.3 is 5.97 Å². The minimum atomic E-state index is -1.55. The summed E-state index contributed by atoms with van der Waals surface area (Å²) in [6, 6.07) is 0. The second-order valence-electron chi connectivity index (χ2n) is 2.00. The molecule has 1 heterocycles. The Morgan fingerprint density at radius 1 is 1.31 bits per heavy atom. The van der Waals surface area contributed by atoms with Crippen LogP contribution in [0.4, 0.5) is 4.39 Å². The smallest absolute Gasteiger partial charge is 0.341 e. The fourth-order valence-corrected chi connectivity index (χ4v) is 1.27. The maximum Gasteiger partial charge on any atom is 0.341 e. The number of aromatic nitrogens is 1. The number of nitrogens with zero attached hydrogens (tertiary/aromatic N) is 1. The number of aromatic carboxylic acids is 1. The highest BCUT2D eigenvalue weighted by atomic mass is 35.5. The number of carboxylic acid groups (broad SMARTS) is 1. The molecule has 1 aromatic rings. The Morgan fingerprint density at radius 3 is 2.31 bits per heavy atom. The molecule has 0 unspecified atom stereocenters. The quantitative estimate of drug-likeness (QED) is 0.773. The Labute approximate surface area is 87.0 Å². The third-order valence-corrected chi connectivity index (χ3v) is 2.42. The molecule has 0 fully saturated rings. The van der Waals surface area contributed by atoms with Crippen molar-refractivity contribution in [3.8, 4) is 0 Å². The van der Waals surface area contributed by atoms with Gasteiger partial charge in [-0.2, -0.15) is 4.39 Å². The molecule has 3 nitrogen and oxygen atoms in total. The van der Waals surface area contributed by atoms with Crippen LogP contribution in [-0.2, 0) is 0 Å². The lowest BCUT2D eigenvalue weighted by Gasteiger charge is -2.02. The number of carboxylic acids is 1. The van der Waals surface area contributed by atoms with E-state index in [0.29, 0.717) is 0 Å². The third kappa shape index (κ3) is 1.85. The van der Waals surface area contributed by atoms with Crippen LogP contribution in [-0.4, -0.2) is 16.1 Å². The van der Waals surface area contributed by atoms with E-state index in [4.69, 9.17) is 39.9 Å². The molecule has 0 saturated carbocycles. The summed E-state index contributed by atoms with van der Waals surface area (Å²) in [5, 5.41) is 7.40. The summed E-state index contributed by atoms with van der Waals surface area (Å²) >= 11 is 16.2. The highest BCUT2D eigenvalue weighted by Gasteiger charge is 2.21. The standard InChI is InChI=1S/C6HCl3FNO2/c7-2-1(6(12)13)5(10)11-4(9)3(2)8/h(H,12,13). The number of carbonyl (C=O) groups is 1. The molecule has 0 aliphatic heterocycles. The summed E-state index contributed by atoms with van der Waals surface area (Å²) in [6.07, 6.45) is 0. The van der Waals surface area contributed by atoms with Crippen molar-refractivity contribution < 1.29 is 14.3 Å². The Morgan fingerprint density at radius 2 is 1.85 bits per heavy atom. The molecule has 0 aliphatic carbocycles. The predicted octanol–water partition coefficient (Wildman–Crippen LogP) is 2.88. The van der Waals surface area contributed by atoms with E-state index in [1.54, 1.807) is 0 Å². The second kappa shape index (κ2) is 3.65. The number of hydrogen-bond donors (Lipinski definition) is 1. The van der Waals surface area contributed by atoms with Gasteiger partial charge in [-0.05, 0) is 0 Å². The zero-order valence-corrected chi connectivity index (χ0v) is 8.08. The lowest BCUT2D eigenvalue weighted by atomic mass is 10.3. The van der Waals surface area contributed by atoms with E-state index in [1.165, 1.54) is 0 Å². The van der Waals surface area contributed by atoms with Crippen molar-refractivity contribution in [2.75, 3.05) is 0 Å². The molecule has 0 atom stereocenters. The van der Waals surface area contributed by atoms with Crippen molar-refractivity contribution in [1.82, 2.24) is 4.98 Å². The number of hydrogen-bond acceptors (Lipinski definition) is 2. The number of pyridine rings is 1. The molecule has 7 heteroatoms. The second-order valence-corrected chi connectivity index (χ2v) is 3.12. The van der Waals surface area contributed by atoms with Gasteiger partial charge in [-0.1, -0.05) is 34.8 Å². The first kappa shape index (κ1) is 10.5. The molecule has 1 rings (SSSR count). The Hall–Kier alpha value is -0.580. The summed E-state index contributed by atoms with van der Waals surface area (Å²) in [4.78, 5) is 13.5. The van der Waals surface area contributed by atoms with Crippen LogP contribution < -0.4 is 0 Å². The molecule has 0 radical (unpaired) electrons. The molecular formula is C6HCl3FNO2. The first-order valence-electron chi connectivity index (χ1n) is 2.88. The SMILES string of the molecule is O=C(O)c1c(F)nc(Cl)c(Cl)c1Cl. The maximum absolute atomic E-state index is 12.8. The van der Waals surface area contributed by atoms with Gasteiger partial charge < -0.3 is 5.11 Å². The monoisotopic (exact) mass is 243 g/mol. The Balaban J connectivity index is 3.53. The van der Waals surface area contributed by atoms with Crippen LogP contribution in [0.15, 0.2) is 0 Å². The van der Waals surface area contributed by atoms with Crippen LogP contribution >= 0.6 is 34.8 Å². The fraction of sp³-hybridized carbons (Fsp3) is 0. The molecule has 0 aliphatic rings. The zero-order chi connectivity index (χ0) is 10.2. The lowest BCUT2D eigenvalue weighted by Crippen LogP contribution is -2.04. The highest BCUT2D eigenvalue weighted by Crippen LogP contribution is 2.32. The first-order chi connectivity index (χ1) is 5.95. The predicted molar refractivity (Wildman–Crippen MR) is 46.2 cm³/mol. The molecule has 0 saturated heterocycles. The molecule has 70 valence electrons. The van der Waals surface area contributed by atoms with E-state index >= 15 is 0 Å². The van der Waals surface area contributed by atoms with Gasteiger partial charge in [-0.15, -0.1) is 0 Å². The Bertz CT molecular complexity index is 383. The van der Waals surface area contributed by atoms with Gasteiger partial charge in [0, 0.05) is 0 Å². The maximum atomic E-state index is 12.8. The van der Waals surface area contributed by atoms with Crippen molar-refractivity contribution >= 4 is 40.8 Å². The normalized spacial score (nSPS) is 10.2. The van der Waals surface area contributed by atoms with Crippen LogP contribution in [0, 0.1) is 5.95 Å². The third-order valence-electron chi connectivity index (χ3n) is 1.21. The topological polar surface area (TPSA) is 50.2 Å². The number of rotatable bonds is 1. The minimum absolute atomic E-state index is 0.276. The Kier molecular flexibility index (Phi) is 2.95. The van der Waals surface area contributed by atoms with E-state index < -0.39 is 22.5 Å². The van der Waals surface area contributed by atoms with E-state index in [2.05, 4.69) is 4.98 Å². The van der Waals surface area contributed by atoms with Crippen molar-refractivity contribution in [1.29, 1.82) is 0 Å². The summed E-state index contributed by atoms with van der Waals surface area (Å²) in [5.74, 6) is -2.81. The average molecular weight is 244 g/mol. The van der Waals surface area contributed by atoms with Gasteiger partial charge in [0.15, 0.2) is 5.15 Å². The van der Waals surface area contributed by atoms with Gasteiger partial charge in [0.25, 0.3) is 0 Å². The van der Waals surface area contributed by atoms with Crippen LogP contribution in [0.3, 0.4) is 0 Å². The molecule has 0 aromatic carbocycles. The first-order valence-corrected chi connectivity index (χ1v) is 4.01. The average Bonchev–Trinajstić information content (AvgIpc) is 1.99. The van der Waals surface area contributed by atoms with E-state index in [9.17, 15) is 9.18 Å². The molecule has 13 heavy (non-hydrogen) atoms. The molecule has 0 amide bonds. The van der Waals surface area contributed by atoms with Gasteiger partial charge in [-0.3, -0.25) is 0 Å². The van der Waals surface area contributed by atoms with Gasteiger partial charge in [0.2, 0.25) is 5.95 Å². The van der Waals surface area contributed by atoms with E-state index in [1.807, 2.05) is 0 Å². The number of halogens is 4. The zero-order valence-electron chi connectivity index (χ0n) is 5.81. The summed E-state index contributed by atoms with van der Waals surface area (Å²) in [6.45, 7) is 0. The van der Waals surface area contributed by atoms with Crippen LogP contribution in [0.1, 0.15) is 10.4 Å².